The smallest absolute Gasteiger partial charge is 0.290 e. The summed E-state index contributed by atoms with van der Waals surface area (Å²) in [4.78, 5) is 31.0. The molecular formula is C26H29FN2O3. The molecule has 0 radical (unpaired) electrons. The van der Waals surface area contributed by atoms with Gasteiger partial charge in [0, 0.05) is 6.54 Å². The van der Waals surface area contributed by atoms with Crippen LogP contribution in [0.25, 0.3) is 11.0 Å². The lowest BCUT2D eigenvalue weighted by Gasteiger charge is -2.26. The van der Waals surface area contributed by atoms with Crippen LogP contribution in [0.1, 0.15) is 60.5 Å². The van der Waals surface area contributed by atoms with Crippen molar-refractivity contribution in [3.63, 3.8) is 0 Å². The molecule has 1 unspecified atom stereocenters. The van der Waals surface area contributed by atoms with Gasteiger partial charge in [-0.25, -0.2) is 4.39 Å². The van der Waals surface area contributed by atoms with E-state index < -0.39 is 6.04 Å². The van der Waals surface area contributed by atoms with E-state index in [9.17, 15) is 14.0 Å². The normalized spacial score (nSPS) is 15.7. The number of benzene rings is 2. The number of hydrogen-bond donors (Lipinski definition) is 0. The number of fused-ring (bicyclic) bond motifs is 2. The van der Waals surface area contributed by atoms with Gasteiger partial charge in [0.25, 0.3) is 5.91 Å². The second-order valence-corrected chi connectivity index (χ2v) is 8.19. The molecule has 0 N–H and O–H groups in total. The summed E-state index contributed by atoms with van der Waals surface area (Å²) in [6.45, 7) is 9.47. The van der Waals surface area contributed by atoms with E-state index in [0.717, 1.165) is 38.0 Å². The molecule has 1 aromatic heterocycles. The number of hydrogen-bond acceptors (Lipinski definition) is 4. The molecule has 0 bridgehead atoms. The predicted molar refractivity (Wildman–Crippen MR) is 124 cm³/mol. The lowest BCUT2D eigenvalue weighted by atomic mass is 9.98. The van der Waals surface area contributed by atoms with Gasteiger partial charge in [-0.3, -0.25) is 9.59 Å². The van der Waals surface area contributed by atoms with Gasteiger partial charge in [0.2, 0.25) is 5.76 Å². The van der Waals surface area contributed by atoms with Gasteiger partial charge in [0.15, 0.2) is 5.43 Å². The summed E-state index contributed by atoms with van der Waals surface area (Å²) in [7, 11) is 0. The third kappa shape index (κ3) is 3.95. The highest BCUT2D eigenvalue weighted by Gasteiger charge is 2.42. The quantitative estimate of drug-likeness (QED) is 0.510. The van der Waals surface area contributed by atoms with Crippen LogP contribution in [0, 0.1) is 5.82 Å². The number of amides is 1. The molecule has 0 saturated heterocycles. The average Bonchev–Trinajstić information content (AvgIpc) is 3.09. The van der Waals surface area contributed by atoms with E-state index in [-0.39, 0.29) is 22.9 Å². The fourth-order valence-corrected chi connectivity index (χ4v) is 4.51. The largest absolute Gasteiger partial charge is 0.450 e. The molecule has 2 heterocycles. The molecule has 0 spiro atoms. The van der Waals surface area contributed by atoms with Gasteiger partial charge < -0.3 is 14.2 Å². The van der Waals surface area contributed by atoms with E-state index in [1.807, 2.05) is 19.1 Å². The molecule has 1 amide bonds. The standard InChI is InChI=1S/C26H29FN2O3/c1-4-17-8-13-21-20(16-17)24(30)22-23(18-9-11-19(27)12-10-18)29(26(31)25(22)32-21)15-7-14-28(5-2)6-3/h8-13,16,23H,4-7,14-15H2,1-3H3. The SMILES string of the molecule is CCc1ccc2oc3c(c(=O)c2c1)C(c1ccc(F)cc1)N(CCCN(CC)CC)C3=O. The van der Waals surface area contributed by atoms with Crippen molar-refractivity contribution >= 4 is 16.9 Å². The molecule has 0 saturated carbocycles. The third-order valence-electron chi connectivity index (χ3n) is 6.39. The Labute approximate surface area is 187 Å². The van der Waals surface area contributed by atoms with Crippen LogP contribution in [0.5, 0.6) is 0 Å². The highest BCUT2D eigenvalue weighted by molar-refractivity contribution is 5.99. The van der Waals surface area contributed by atoms with Gasteiger partial charge in [0.05, 0.1) is 17.0 Å². The minimum atomic E-state index is -0.583. The predicted octanol–water partition coefficient (Wildman–Crippen LogP) is 4.77. The second-order valence-electron chi connectivity index (χ2n) is 8.19. The van der Waals surface area contributed by atoms with Crippen molar-refractivity contribution in [2.75, 3.05) is 26.2 Å². The van der Waals surface area contributed by atoms with Crippen LogP contribution < -0.4 is 5.43 Å². The van der Waals surface area contributed by atoms with Gasteiger partial charge in [-0.05, 0) is 67.9 Å². The van der Waals surface area contributed by atoms with Gasteiger partial charge in [-0.1, -0.05) is 39.0 Å². The van der Waals surface area contributed by atoms with Gasteiger partial charge >= 0.3 is 0 Å². The molecule has 1 aliphatic rings. The summed E-state index contributed by atoms with van der Waals surface area (Å²) in [6, 6.07) is 11.0. The van der Waals surface area contributed by atoms with Crippen LogP contribution in [0.15, 0.2) is 51.7 Å². The number of aryl methyl sites for hydroxylation is 1. The topological polar surface area (TPSA) is 53.8 Å². The van der Waals surface area contributed by atoms with Crippen molar-refractivity contribution in [2.45, 2.75) is 39.7 Å². The molecule has 3 aromatic rings. The fourth-order valence-electron chi connectivity index (χ4n) is 4.51. The maximum Gasteiger partial charge on any atom is 0.290 e. The van der Waals surface area contributed by atoms with Gasteiger partial charge in [0.1, 0.15) is 11.4 Å². The number of carbonyl (C=O) groups is 1. The molecule has 1 aliphatic heterocycles. The van der Waals surface area contributed by atoms with Crippen LogP contribution in [-0.2, 0) is 6.42 Å². The first-order valence-corrected chi connectivity index (χ1v) is 11.4. The Kier molecular flexibility index (Phi) is 6.42. The maximum atomic E-state index is 13.6. The second kappa shape index (κ2) is 9.25. The first-order chi connectivity index (χ1) is 15.5. The minimum absolute atomic E-state index is 0.101. The molecule has 6 heteroatoms. The Morgan fingerprint density at radius 1 is 1.03 bits per heavy atom. The van der Waals surface area contributed by atoms with Crippen molar-refractivity contribution in [2.24, 2.45) is 0 Å². The van der Waals surface area contributed by atoms with E-state index in [4.69, 9.17) is 4.42 Å². The van der Waals surface area contributed by atoms with Crippen LogP contribution in [0.3, 0.4) is 0 Å². The summed E-state index contributed by atoms with van der Waals surface area (Å²) in [5, 5.41) is 0.480. The van der Waals surface area contributed by atoms with Crippen molar-refractivity contribution in [1.29, 1.82) is 0 Å². The first kappa shape index (κ1) is 22.2. The summed E-state index contributed by atoms with van der Waals surface area (Å²) < 4.78 is 19.6. The number of halogens is 1. The van der Waals surface area contributed by atoms with E-state index in [1.54, 1.807) is 23.1 Å². The molecule has 4 rings (SSSR count). The monoisotopic (exact) mass is 436 g/mol. The lowest BCUT2D eigenvalue weighted by Crippen LogP contribution is -2.33. The zero-order chi connectivity index (χ0) is 22.8. The average molecular weight is 437 g/mol. The highest BCUT2D eigenvalue weighted by Crippen LogP contribution is 2.38. The molecule has 5 nitrogen and oxygen atoms in total. The summed E-state index contributed by atoms with van der Waals surface area (Å²) in [6.07, 6.45) is 1.57. The van der Waals surface area contributed by atoms with Crippen molar-refractivity contribution in [3.8, 4) is 0 Å². The maximum absolute atomic E-state index is 13.6. The molecule has 1 atom stereocenters. The number of rotatable bonds is 8. The van der Waals surface area contributed by atoms with Crippen molar-refractivity contribution in [3.05, 3.63) is 81.0 Å². The van der Waals surface area contributed by atoms with Crippen molar-refractivity contribution < 1.29 is 13.6 Å². The van der Waals surface area contributed by atoms with E-state index >= 15 is 0 Å². The number of carbonyl (C=O) groups excluding carboxylic acids is 1. The van der Waals surface area contributed by atoms with Crippen LogP contribution >= 0.6 is 0 Å². The Bertz CT molecular complexity index is 1180. The van der Waals surface area contributed by atoms with Crippen LogP contribution in [0.4, 0.5) is 4.39 Å². The highest BCUT2D eigenvalue weighted by atomic mass is 19.1. The van der Waals surface area contributed by atoms with E-state index in [0.29, 0.717) is 28.6 Å². The third-order valence-corrected chi connectivity index (χ3v) is 6.39. The summed E-state index contributed by atoms with van der Waals surface area (Å²) in [5.74, 6) is -0.541. The lowest BCUT2D eigenvalue weighted by molar-refractivity contribution is 0.0720. The van der Waals surface area contributed by atoms with Crippen LogP contribution in [0.2, 0.25) is 0 Å². The first-order valence-electron chi connectivity index (χ1n) is 11.4. The molecular weight excluding hydrogens is 407 g/mol. The molecule has 0 aliphatic carbocycles. The van der Waals surface area contributed by atoms with Gasteiger partial charge in [-0.2, -0.15) is 0 Å². The van der Waals surface area contributed by atoms with Crippen molar-refractivity contribution in [1.82, 2.24) is 9.80 Å². The fraction of sp³-hybridized carbons (Fsp3) is 0.385. The molecule has 168 valence electrons. The zero-order valence-electron chi connectivity index (χ0n) is 18.9. The zero-order valence-corrected chi connectivity index (χ0v) is 18.9. The Hall–Kier alpha value is -2.99. The van der Waals surface area contributed by atoms with Gasteiger partial charge in [-0.15, -0.1) is 0 Å². The van der Waals surface area contributed by atoms with E-state index in [2.05, 4.69) is 18.7 Å². The Morgan fingerprint density at radius 2 is 1.75 bits per heavy atom. The Morgan fingerprint density at radius 3 is 2.41 bits per heavy atom. The molecule has 32 heavy (non-hydrogen) atoms. The molecule has 0 fully saturated rings. The summed E-state index contributed by atoms with van der Waals surface area (Å²) in [5.41, 5.74) is 2.32. The summed E-state index contributed by atoms with van der Waals surface area (Å²) >= 11 is 0. The number of nitrogens with zero attached hydrogens (tertiary/aromatic N) is 2. The van der Waals surface area contributed by atoms with Crippen LogP contribution in [-0.4, -0.2) is 41.9 Å². The van der Waals surface area contributed by atoms with E-state index in [1.165, 1.54) is 12.1 Å². The Balaban J connectivity index is 1.80. The molecule has 2 aromatic carbocycles. The minimum Gasteiger partial charge on any atom is -0.450 e.